The minimum atomic E-state index is -2.29. The van der Waals surface area contributed by atoms with Crippen molar-refractivity contribution in [2.45, 2.75) is 63.6 Å². The van der Waals surface area contributed by atoms with Crippen LogP contribution in [0.2, 0.25) is 19.6 Å². The van der Waals surface area contributed by atoms with Crippen molar-refractivity contribution in [3.8, 4) is 0 Å². The van der Waals surface area contributed by atoms with Crippen molar-refractivity contribution >= 4 is 32.2 Å². The predicted octanol–water partition coefficient (Wildman–Crippen LogP) is 5.70. The number of carbonyl (C=O) groups excluding carboxylic acids is 4. The van der Waals surface area contributed by atoms with Crippen LogP contribution in [0, 0.1) is 0 Å². The molecule has 0 saturated carbocycles. The highest BCUT2D eigenvalue weighted by Gasteiger charge is 2.36. The van der Waals surface area contributed by atoms with Gasteiger partial charge in [-0.05, 0) is 41.9 Å². The highest BCUT2D eigenvalue weighted by atomic mass is 28.4. The third-order valence-corrected chi connectivity index (χ3v) is 8.58. The molecule has 0 heterocycles. The lowest BCUT2D eigenvalue weighted by Crippen LogP contribution is -2.58. The third-order valence-electron chi connectivity index (χ3n) is 7.77. The standard InChI is InChI=1S/C39H45N3O6Si/c1-42(37(44)33(25-29-17-9-5-10-18-29)41-39(46)47-28-32-23-15-8-16-24-32)35(27-31-21-13-7-14-22-31)36(43)40-34(38(45)48-49(2,3)4)26-30-19-11-6-12-20-30/h5-24,33-35H,25-28H2,1-4H3,(H,40,43)(H,41,46)/t33-,34-,35-/m0/s1. The van der Waals surface area contributed by atoms with Gasteiger partial charge in [0.2, 0.25) is 20.1 Å². The third kappa shape index (κ3) is 12.1. The second kappa shape index (κ2) is 17.8. The summed E-state index contributed by atoms with van der Waals surface area (Å²) in [5, 5.41) is 5.65. The molecule has 3 atom stereocenters. The molecule has 49 heavy (non-hydrogen) atoms. The van der Waals surface area contributed by atoms with Crippen LogP contribution in [-0.4, -0.2) is 62.3 Å². The average molecular weight is 680 g/mol. The molecular weight excluding hydrogens is 635 g/mol. The zero-order valence-corrected chi connectivity index (χ0v) is 29.5. The molecule has 0 aliphatic carbocycles. The van der Waals surface area contributed by atoms with E-state index in [9.17, 15) is 19.2 Å². The number of carbonyl (C=O) groups is 4. The molecule has 4 aromatic carbocycles. The molecule has 0 unspecified atom stereocenters. The van der Waals surface area contributed by atoms with E-state index in [0.717, 1.165) is 22.3 Å². The van der Waals surface area contributed by atoms with Crippen LogP contribution in [0.1, 0.15) is 22.3 Å². The monoisotopic (exact) mass is 679 g/mol. The zero-order valence-electron chi connectivity index (χ0n) is 28.5. The van der Waals surface area contributed by atoms with Gasteiger partial charge in [0.15, 0.2) is 0 Å². The summed E-state index contributed by atoms with van der Waals surface area (Å²) in [6, 6.07) is 34.2. The van der Waals surface area contributed by atoms with Gasteiger partial charge in [0.25, 0.3) is 0 Å². The Morgan fingerprint density at radius 3 is 1.51 bits per heavy atom. The van der Waals surface area contributed by atoms with Crippen LogP contribution >= 0.6 is 0 Å². The number of alkyl carbamates (subject to hydrolysis) is 1. The van der Waals surface area contributed by atoms with Crippen molar-refractivity contribution in [3.05, 3.63) is 144 Å². The van der Waals surface area contributed by atoms with E-state index in [2.05, 4.69) is 10.6 Å². The summed E-state index contributed by atoms with van der Waals surface area (Å²) in [7, 11) is -0.754. The lowest BCUT2D eigenvalue weighted by Gasteiger charge is -2.32. The molecular formula is C39H45N3O6Si. The fourth-order valence-corrected chi connectivity index (χ4v) is 6.03. The fourth-order valence-electron chi connectivity index (χ4n) is 5.28. The lowest BCUT2D eigenvalue weighted by molar-refractivity contribution is -0.143. The van der Waals surface area contributed by atoms with E-state index in [1.807, 2.05) is 141 Å². The van der Waals surface area contributed by atoms with E-state index in [0.29, 0.717) is 0 Å². The van der Waals surface area contributed by atoms with Crippen molar-refractivity contribution in [3.63, 3.8) is 0 Å². The fraction of sp³-hybridized carbons (Fsp3) is 0.282. The molecule has 0 bridgehead atoms. The Bertz CT molecular complexity index is 1650. The summed E-state index contributed by atoms with van der Waals surface area (Å²) in [5.74, 6) is -1.52. The maximum Gasteiger partial charge on any atom is 0.408 e. The molecule has 2 N–H and O–H groups in total. The highest BCUT2D eigenvalue weighted by molar-refractivity contribution is 6.71. The number of rotatable bonds is 15. The highest BCUT2D eigenvalue weighted by Crippen LogP contribution is 2.15. The molecule has 9 nitrogen and oxygen atoms in total. The summed E-state index contributed by atoms with van der Waals surface area (Å²) in [5.41, 5.74) is 3.30. The van der Waals surface area contributed by atoms with Gasteiger partial charge < -0.3 is 24.7 Å². The number of amides is 3. The van der Waals surface area contributed by atoms with E-state index in [-0.39, 0.29) is 25.9 Å². The first-order valence-corrected chi connectivity index (χ1v) is 19.8. The van der Waals surface area contributed by atoms with Gasteiger partial charge in [-0.25, -0.2) is 4.79 Å². The maximum atomic E-state index is 14.3. The number of likely N-dealkylation sites (N-methyl/N-ethyl adjacent to an activating group) is 1. The largest absolute Gasteiger partial charge is 0.518 e. The maximum absolute atomic E-state index is 14.3. The second-order valence-corrected chi connectivity index (χ2v) is 17.3. The molecule has 0 spiro atoms. The molecule has 0 aromatic heterocycles. The summed E-state index contributed by atoms with van der Waals surface area (Å²) in [6.07, 6.45) is -0.194. The predicted molar refractivity (Wildman–Crippen MR) is 192 cm³/mol. The van der Waals surface area contributed by atoms with Gasteiger partial charge in [-0.3, -0.25) is 14.4 Å². The van der Waals surface area contributed by atoms with Gasteiger partial charge in [-0.15, -0.1) is 0 Å². The van der Waals surface area contributed by atoms with Gasteiger partial charge in [0, 0.05) is 26.3 Å². The van der Waals surface area contributed by atoms with Crippen LogP contribution in [0.3, 0.4) is 0 Å². The molecule has 0 aliphatic heterocycles. The minimum absolute atomic E-state index is 0.0319. The van der Waals surface area contributed by atoms with E-state index in [4.69, 9.17) is 9.16 Å². The first kappa shape index (κ1) is 36.6. The molecule has 0 fully saturated rings. The molecule has 0 saturated heterocycles. The van der Waals surface area contributed by atoms with Crippen molar-refractivity contribution in [1.29, 1.82) is 0 Å². The molecule has 0 aliphatic rings. The van der Waals surface area contributed by atoms with Crippen LogP contribution in [0.15, 0.2) is 121 Å². The van der Waals surface area contributed by atoms with Crippen molar-refractivity contribution < 1.29 is 28.3 Å². The second-order valence-electron chi connectivity index (χ2n) is 12.9. The van der Waals surface area contributed by atoms with Crippen LogP contribution in [-0.2, 0) is 49.4 Å². The van der Waals surface area contributed by atoms with Crippen molar-refractivity contribution in [1.82, 2.24) is 15.5 Å². The van der Waals surface area contributed by atoms with Crippen LogP contribution < -0.4 is 10.6 Å². The summed E-state index contributed by atoms with van der Waals surface area (Å²) in [4.78, 5) is 56.3. The summed E-state index contributed by atoms with van der Waals surface area (Å²) < 4.78 is 11.3. The van der Waals surface area contributed by atoms with Gasteiger partial charge in [-0.2, -0.15) is 0 Å². The molecule has 256 valence electrons. The molecule has 4 aromatic rings. The normalized spacial score (nSPS) is 12.9. The number of hydrogen-bond donors (Lipinski definition) is 2. The minimum Gasteiger partial charge on any atom is -0.518 e. The van der Waals surface area contributed by atoms with Gasteiger partial charge in [-0.1, -0.05) is 121 Å². The quantitative estimate of drug-likeness (QED) is 0.156. The first-order chi connectivity index (χ1) is 23.5. The molecule has 3 amide bonds. The van der Waals surface area contributed by atoms with E-state index < -0.39 is 50.3 Å². The van der Waals surface area contributed by atoms with Crippen LogP contribution in [0.5, 0.6) is 0 Å². The van der Waals surface area contributed by atoms with Gasteiger partial charge >= 0.3 is 12.1 Å². The Morgan fingerprint density at radius 1 is 0.612 bits per heavy atom. The number of ether oxygens (including phenoxy) is 1. The zero-order chi connectivity index (χ0) is 35.2. The van der Waals surface area contributed by atoms with Gasteiger partial charge in [0.1, 0.15) is 24.7 Å². The van der Waals surface area contributed by atoms with E-state index in [1.165, 1.54) is 11.9 Å². The molecule has 0 radical (unpaired) electrons. The van der Waals surface area contributed by atoms with Crippen LogP contribution in [0.25, 0.3) is 0 Å². The number of hydrogen-bond acceptors (Lipinski definition) is 6. The Morgan fingerprint density at radius 2 is 1.04 bits per heavy atom. The number of nitrogens with zero attached hydrogens (tertiary/aromatic N) is 1. The van der Waals surface area contributed by atoms with E-state index in [1.54, 1.807) is 0 Å². The Hall–Kier alpha value is -5.22. The SMILES string of the molecule is CN(C(=O)[C@H](Cc1ccccc1)NC(=O)OCc1ccccc1)[C@@H](Cc1ccccc1)C(=O)N[C@@H](Cc1ccccc1)C(=O)O[Si](C)(C)C. The topological polar surface area (TPSA) is 114 Å². The summed E-state index contributed by atoms with van der Waals surface area (Å²) >= 11 is 0. The number of benzene rings is 4. The molecule has 4 rings (SSSR count). The van der Waals surface area contributed by atoms with Crippen molar-refractivity contribution in [2.75, 3.05) is 7.05 Å². The average Bonchev–Trinajstić information content (AvgIpc) is 3.09. The van der Waals surface area contributed by atoms with Crippen LogP contribution in [0.4, 0.5) is 4.79 Å². The van der Waals surface area contributed by atoms with Crippen molar-refractivity contribution in [2.24, 2.45) is 0 Å². The summed E-state index contributed by atoms with van der Waals surface area (Å²) in [6.45, 7) is 5.75. The first-order valence-electron chi connectivity index (χ1n) is 16.4. The Balaban J connectivity index is 1.60. The van der Waals surface area contributed by atoms with Gasteiger partial charge in [0.05, 0.1) is 0 Å². The smallest absolute Gasteiger partial charge is 0.408 e. The lowest BCUT2D eigenvalue weighted by atomic mass is 10.00. The number of nitrogens with one attached hydrogen (secondary N) is 2. The van der Waals surface area contributed by atoms with E-state index >= 15 is 0 Å². The molecule has 10 heteroatoms. The Kier molecular flexibility index (Phi) is 13.3. The Labute approximate surface area is 289 Å².